The van der Waals surface area contributed by atoms with Crippen molar-refractivity contribution in [2.24, 2.45) is 0 Å². The molecule has 0 aliphatic carbocycles. The largest absolute Gasteiger partial charge is 0.491 e. The van der Waals surface area contributed by atoms with Crippen molar-refractivity contribution in [2.75, 3.05) is 12.4 Å². The van der Waals surface area contributed by atoms with E-state index in [0.29, 0.717) is 5.56 Å². The molecule has 0 aliphatic heterocycles. The molecule has 0 N–H and O–H groups in total. The second-order valence-corrected chi connectivity index (χ2v) is 5.26. The van der Waals surface area contributed by atoms with E-state index in [1.807, 2.05) is 46.0 Å². The Morgan fingerprint density at radius 3 is 2.61 bits per heavy atom. The Morgan fingerprint density at radius 1 is 1.39 bits per heavy atom. The van der Waals surface area contributed by atoms with Gasteiger partial charge in [0.1, 0.15) is 5.75 Å². The van der Waals surface area contributed by atoms with Gasteiger partial charge < -0.3 is 9.64 Å². The molecule has 1 aromatic carbocycles. The minimum absolute atomic E-state index is 0.0103. The van der Waals surface area contributed by atoms with Gasteiger partial charge in [0.2, 0.25) is 0 Å². The molecule has 4 heteroatoms. The van der Waals surface area contributed by atoms with Crippen LogP contribution in [-0.2, 0) is 0 Å². The third-order valence-corrected chi connectivity index (χ3v) is 3.59. The summed E-state index contributed by atoms with van der Waals surface area (Å²) in [5.41, 5.74) is 0.656. The first kappa shape index (κ1) is 15.0. The molecule has 1 unspecified atom stereocenters. The van der Waals surface area contributed by atoms with Gasteiger partial charge in [-0.25, -0.2) is 0 Å². The molecule has 0 fully saturated rings. The van der Waals surface area contributed by atoms with Gasteiger partial charge in [0.05, 0.1) is 6.10 Å². The van der Waals surface area contributed by atoms with Gasteiger partial charge in [0, 0.05) is 24.0 Å². The van der Waals surface area contributed by atoms with Crippen molar-refractivity contribution < 1.29 is 9.53 Å². The first-order valence-corrected chi connectivity index (χ1v) is 7.17. The van der Waals surface area contributed by atoms with Crippen LogP contribution in [0, 0.1) is 0 Å². The van der Waals surface area contributed by atoms with Gasteiger partial charge in [-0.1, -0.05) is 22.0 Å². The van der Waals surface area contributed by atoms with Crippen LogP contribution < -0.4 is 4.74 Å². The molecular weight excluding hydrogens is 294 g/mol. The molecule has 0 heterocycles. The monoisotopic (exact) mass is 313 g/mol. The van der Waals surface area contributed by atoms with Crippen molar-refractivity contribution in [3.63, 3.8) is 0 Å². The van der Waals surface area contributed by atoms with E-state index in [9.17, 15) is 4.79 Å². The molecule has 1 rings (SSSR count). The second kappa shape index (κ2) is 6.78. The highest BCUT2D eigenvalue weighted by atomic mass is 79.9. The fourth-order valence-electron chi connectivity index (χ4n) is 1.48. The number of alkyl halides is 1. The number of carbonyl (C=O) groups excluding carboxylic acids is 1. The summed E-state index contributed by atoms with van der Waals surface area (Å²) in [6, 6.07) is 7.47. The third-order valence-electron chi connectivity index (χ3n) is 2.66. The van der Waals surface area contributed by atoms with Crippen molar-refractivity contribution in [3.05, 3.63) is 29.8 Å². The molecule has 3 nitrogen and oxygen atoms in total. The smallest absolute Gasteiger partial charge is 0.253 e. The first-order chi connectivity index (χ1) is 8.45. The van der Waals surface area contributed by atoms with Crippen molar-refractivity contribution >= 4 is 21.8 Å². The number of halogens is 1. The highest BCUT2D eigenvalue weighted by Gasteiger charge is 2.17. The molecule has 0 saturated carbocycles. The average Bonchev–Trinajstić information content (AvgIpc) is 2.35. The van der Waals surface area contributed by atoms with Crippen LogP contribution in [0.4, 0.5) is 0 Å². The van der Waals surface area contributed by atoms with Crippen LogP contribution in [0.1, 0.15) is 31.1 Å². The molecule has 0 spiro atoms. The maximum absolute atomic E-state index is 12.2. The lowest BCUT2D eigenvalue weighted by molar-refractivity contribution is 0.0757. The predicted octanol–water partition coefficient (Wildman–Crippen LogP) is 3.33. The van der Waals surface area contributed by atoms with E-state index in [2.05, 4.69) is 15.9 Å². The number of ether oxygens (including phenoxy) is 1. The van der Waals surface area contributed by atoms with Crippen LogP contribution in [0.15, 0.2) is 24.3 Å². The Kier molecular flexibility index (Phi) is 5.66. The Hall–Kier alpha value is -1.03. The highest BCUT2D eigenvalue weighted by molar-refractivity contribution is 9.09. The van der Waals surface area contributed by atoms with Crippen molar-refractivity contribution in [1.82, 2.24) is 4.90 Å². The van der Waals surface area contributed by atoms with E-state index in [4.69, 9.17) is 4.74 Å². The SMILES string of the molecule is CC(C)Oc1cccc(C(=O)N(C)C(C)CBr)c1. The Labute approximate surface area is 117 Å². The quantitative estimate of drug-likeness (QED) is 0.780. The molecule has 0 radical (unpaired) electrons. The van der Waals surface area contributed by atoms with Crippen LogP contribution in [-0.4, -0.2) is 35.3 Å². The molecule has 0 aromatic heterocycles. The fraction of sp³-hybridized carbons (Fsp3) is 0.500. The zero-order valence-electron chi connectivity index (χ0n) is 11.3. The lowest BCUT2D eigenvalue weighted by Crippen LogP contribution is -2.36. The lowest BCUT2D eigenvalue weighted by Gasteiger charge is -2.23. The predicted molar refractivity (Wildman–Crippen MR) is 77.6 cm³/mol. The number of carbonyl (C=O) groups is 1. The second-order valence-electron chi connectivity index (χ2n) is 4.61. The lowest BCUT2D eigenvalue weighted by atomic mass is 10.1. The van der Waals surface area contributed by atoms with Gasteiger partial charge in [-0.15, -0.1) is 0 Å². The summed E-state index contributed by atoms with van der Waals surface area (Å²) in [5, 5.41) is 0.761. The van der Waals surface area contributed by atoms with Crippen LogP contribution in [0.3, 0.4) is 0 Å². The van der Waals surface area contributed by atoms with E-state index in [-0.39, 0.29) is 18.1 Å². The molecule has 1 aromatic rings. The molecule has 0 bridgehead atoms. The van der Waals surface area contributed by atoms with Crippen molar-refractivity contribution in [2.45, 2.75) is 32.9 Å². The normalized spacial score (nSPS) is 12.3. The Bertz CT molecular complexity index is 407. The highest BCUT2D eigenvalue weighted by Crippen LogP contribution is 2.17. The number of benzene rings is 1. The number of nitrogens with zero attached hydrogens (tertiary/aromatic N) is 1. The Morgan fingerprint density at radius 2 is 2.06 bits per heavy atom. The van der Waals surface area contributed by atoms with Crippen LogP contribution >= 0.6 is 15.9 Å². The summed E-state index contributed by atoms with van der Waals surface area (Å²) in [6.45, 7) is 5.93. The molecule has 18 heavy (non-hydrogen) atoms. The van der Waals surface area contributed by atoms with E-state index in [0.717, 1.165) is 11.1 Å². The van der Waals surface area contributed by atoms with Gasteiger partial charge in [0.15, 0.2) is 0 Å². The summed E-state index contributed by atoms with van der Waals surface area (Å²) in [6.07, 6.45) is 0.106. The standard InChI is InChI=1S/C14H20BrNO2/c1-10(2)18-13-7-5-6-12(8-13)14(17)16(4)11(3)9-15/h5-8,10-11H,9H2,1-4H3. The van der Waals surface area contributed by atoms with Gasteiger partial charge >= 0.3 is 0 Å². The van der Waals surface area contributed by atoms with Crippen molar-refractivity contribution in [3.8, 4) is 5.75 Å². The zero-order chi connectivity index (χ0) is 13.7. The summed E-state index contributed by atoms with van der Waals surface area (Å²) in [7, 11) is 1.81. The van der Waals surface area contributed by atoms with E-state index >= 15 is 0 Å². The zero-order valence-corrected chi connectivity index (χ0v) is 12.9. The number of rotatable bonds is 5. The van der Waals surface area contributed by atoms with Crippen molar-refractivity contribution in [1.29, 1.82) is 0 Å². The fourth-order valence-corrected chi connectivity index (χ4v) is 1.92. The molecule has 1 atom stereocenters. The van der Waals surface area contributed by atoms with E-state index in [1.54, 1.807) is 11.0 Å². The molecule has 0 saturated heterocycles. The summed E-state index contributed by atoms with van der Waals surface area (Å²) in [4.78, 5) is 14.0. The number of amides is 1. The topological polar surface area (TPSA) is 29.5 Å². The maximum atomic E-state index is 12.2. The molecule has 1 amide bonds. The first-order valence-electron chi connectivity index (χ1n) is 6.05. The number of hydrogen-bond donors (Lipinski definition) is 0. The van der Waals surface area contributed by atoms with Crippen LogP contribution in [0.2, 0.25) is 0 Å². The van der Waals surface area contributed by atoms with E-state index in [1.165, 1.54) is 0 Å². The minimum Gasteiger partial charge on any atom is -0.491 e. The van der Waals surface area contributed by atoms with Crippen LogP contribution in [0.25, 0.3) is 0 Å². The summed E-state index contributed by atoms with van der Waals surface area (Å²) in [5.74, 6) is 0.743. The molecule has 0 aliphatic rings. The summed E-state index contributed by atoms with van der Waals surface area (Å²) < 4.78 is 5.59. The average molecular weight is 314 g/mol. The van der Waals surface area contributed by atoms with E-state index < -0.39 is 0 Å². The third kappa shape index (κ3) is 4.02. The number of hydrogen-bond acceptors (Lipinski definition) is 2. The van der Waals surface area contributed by atoms with Gasteiger partial charge in [-0.3, -0.25) is 4.79 Å². The molecular formula is C14H20BrNO2. The minimum atomic E-state index is 0.0103. The van der Waals surface area contributed by atoms with Gasteiger partial charge in [0.25, 0.3) is 5.91 Å². The Balaban J connectivity index is 2.86. The summed E-state index contributed by atoms with van der Waals surface area (Å²) >= 11 is 3.38. The maximum Gasteiger partial charge on any atom is 0.253 e. The molecule has 100 valence electrons. The van der Waals surface area contributed by atoms with Gasteiger partial charge in [-0.2, -0.15) is 0 Å². The van der Waals surface area contributed by atoms with Gasteiger partial charge in [-0.05, 0) is 39.0 Å². The van der Waals surface area contributed by atoms with Crippen LogP contribution in [0.5, 0.6) is 5.75 Å².